The van der Waals surface area contributed by atoms with Crippen molar-refractivity contribution >= 4 is 17.7 Å². The van der Waals surface area contributed by atoms with E-state index in [0.717, 1.165) is 4.90 Å². The molecule has 1 aliphatic rings. The smallest absolute Gasteiger partial charge is 0.261 e. The number of carbonyl (C=O) groups is 3. The highest BCUT2D eigenvalue weighted by Crippen LogP contribution is 2.22. The van der Waals surface area contributed by atoms with E-state index in [1.807, 2.05) is 0 Å². The van der Waals surface area contributed by atoms with E-state index in [4.69, 9.17) is 0 Å². The van der Waals surface area contributed by atoms with Gasteiger partial charge in [0, 0.05) is 19.5 Å². The maximum atomic E-state index is 13.5. The number of carbonyl (C=O) groups excluding carboxylic acids is 3. The predicted octanol–water partition coefficient (Wildman–Crippen LogP) is 2.17. The second kappa shape index (κ2) is 7.25. The highest BCUT2D eigenvalue weighted by atomic mass is 19.1. The van der Waals surface area contributed by atoms with Crippen LogP contribution in [0, 0.1) is 5.82 Å². The maximum absolute atomic E-state index is 13.5. The molecule has 1 aliphatic heterocycles. The third-order valence-electron chi connectivity index (χ3n) is 4.12. The number of benzene rings is 2. The molecule has 6 heteroatoms. The Labute approximate surface area is 144 Å². The fourth-order valence-corrected chi connectivity index (χ4v) is 2.78. The largest absolute Gasteiger partial charge is 0.356 e. The average Bonchev–Trinajstić information content (AvgIpc) is 2.86. The molecular weight excluding hydrogens is 323 g/mol. The lowest BCUT2D eigenvalue weighted by Gasteiger charge is -2.13. The van der Waals surface area contributed by atoms with Gasteiger partial charge in [-0.1, -0.05) is 30.3 Å². The monoisotopic (exact) mass is 340 g/mol. The van der Waals surface area contributed by atoms with Crippen LogP contribution in [0.3, 0.4) is 0 Å². The van der Waals surface area contributed by atoms with Crippen LogP contribution in [0.25, 0.3) is 0 Å². The SMILES string of the molecule is O=C(CCN1C(=O)c2ccccc2C1=O)NCCc1ccccc1F. The molecule has 1 N–H and O–H groups in total. The molecule has 0 fully saturated rings. The van der Waals surface area contributed by atoms with Gasteiger partial charge in [-0.3, -0.25) is 19.3 Å². The second-order valence-corrected chi connectivity index (χ2v) is 5.75. The van der Waals surface area contributed by atoms with Crippen molar-refractivity contribution < 1.29 is 18.8 Å². The van der Waals surface area contributed by atoms with Crippen LogP contribution < -0.4 is 5.32 Å². The maximum Gasteiger partial charge on any atom is 0.261 e. The van der Waals surface area contributed by atoms with Crippen LogP contribution in [0.2, 0.25) is 0 Å². The molecule has 3 rings (SSSR count). The fourth-order valence-electron chi connectivity index (χ4n) is 2.78. The van der Waals surface area contributed by atoms with E-state index in [2.05, 4.69) is 5.32 Å². The van der Waals surface area contributed by atoms with Crippen molar-refractivity contribution in [2.45, 2.75) is 12.8 Å². The summed E-state index contributed by atoms with van der Waals surface area (Å²) in [7, 11) is 0. The van der Waals surface area contributed by atoms with Gasteiger partial charge < -0.3 is 5.32 Å². The van der Waals surface area contributed by atoms with E-state index in [0.29, 0.717) is 29.7 Å². The summed E-state index contributed by atoms with van der Waals surface area (Å²) >= 11 is 0. The zero-order chi connectivity index (χ0) is 17.8. The molecule has 0 saturated carbocycles. The van der Waals surface area contributed by atoms with Crippen molar-refractivity contribution in [3.05, 3.63) is 71.0 Å². The minimum absolute atomic E-state index is 0.0166. The number of fused-ring (bicyclic) bond motifs is 1. The van der Waals surface area contributed by atoms with E-state index in [1.54, 1.807) is 42.5 Å². The Bertz CT molecular complexity index is 800. The van der Waals surface area contributed by atoms with Crippen molar-refractivity contribution in [1.29, 1.82) is 0 Å². The highest BCUT2D eigenvalue weighted by Gasteiger charge is 2.34. The first-order valence-corrected chi connectivity index (χ1v) is 8.03. The quantitative estimate of drug-likeness (QED) is 0.820. The summed E-state index contributed by atoms with van der Waals surface area (Å²) in [6, 6.07) is 13.0. The molecule has 25 heavy (non-hydrogen) atoms. The van der Waals surface area contributed by atoms with E-state index in [9.17, 15) is 18.8 Å². The molecule has 2 aromatic rings. The van der Waals surface area contributed by atoms with Crippen LogP contribution >= 0.6 is 0 Å². The number of halogens is 1. The lowest BCUT2D eigenvalue weighted by Crippen LogP contribution is -2.35. The molecule has 0 bridgehead atoms. The van der Waals surface area contributed by atoms with Crippen LogP contribution in [0.1, 0.15) is 32.7 Å². The summed E-state index contributed by atoms with van der Waals surface area (Å²) in [4.78, 5) is 37.4. The summed E-state index contributed by atoms with van der Waals surface area (Å²) < 4.78 is 13.5. The molecule has 128 valence electrons. The van der Waals surface area contributed by atoms with Crippen LogP contribution in [-0.2, 0) is 11.2 Å². The first kappa shape index (κ1) is 16.8. The van der Waals surface area contributed by atoms with Crippen molar-refractivity contribution in [3.8, 4) is 0 Å². The lowest BCUT2D eigenvalue weighted by molar-refractivity contribution is -0.121. The summed E-state index contributed by atoms with van der Waals surface area (Å²) in [5.41, 5.74) is 1.27. The Morgan fingerprint density at radius 2 is 1.56 bits per heavy atom. The summed E-state index contributed by atoms with van der Waals surface area (Å²) in [5, 5.41) is 2.68. The molecule has 0 aromatic heterocycles. The van der Waals surface area contributed by atoms with Crippen LogP contribution in [0.4, 0.5) is 4.39 Å². The topological polar surface area (TPSA) is 66.5 Å². The molecule has 3 amide bonds. The lowest BCUT2D eigenvalue weighted by atomic mass is 10.1. The van der Waals surface area contributed by atoms with Gasteiger partial charge in [0.25, 0.3) is 11.8 Å². The van der Waals surface area contributed by atoms with Gasteiger partial charge >= 0.3 is 0 Å². The number of amides is 3. The van der Waals surface area contributed by atoms with Gasteiger partial charge in [-0.15, -0.1) is 0 Å². The van der Waals surface area contributed by atoms with Gasteiger partial charge in [-0.05, 0) is 30.2 Å². The van der Waals surface area contributed by atoms with Crippen LogP contribution in [-0.4, -0.2) is 35.7 Å². The fraction of sp³-hybridized carbons (Fsp3) is 0.211. The number of imide groups is 1. The number of hydrogen-bond acceptors (Lipinski definition) is 3. The number of nitrogens with zero attached hydrogens (tertiary/aromatic N) is 1. The van der Waals surface area contributed by atoms with Gasteiger partial charge in [0.2, 0.25) is 5.91 Å². The van der Waals surface area contributed by atoms with Gasteiger partial charge in [0.15, 0.2) is 0 Å². The zero-order valence-electron chi connectivity index (χ0n) is 13.5. The van der Waals surface area contributed by atoms with Crippen molar-refractivity contribution in [2.24, 2.45) is 0 Å². The van der Waals surface area contributed by atoms with Crippen LogP contribution in [0.5, 0.6) is 0 Å². The molecule has 0 atom stereocenters. The van der Waals surface area contributed by atoms with Crippen LogP contribution in [0.15, 0.2) is 48.5 Å². The molecule has 0 unspecified atom stereocenters. The third-order valence-corrected chi connectivity index (χ3v) is 4.12. The van der Waals surface area contributed by atoms with E-state index in [-0.39, 0.29) is 36.5 Å². The van der Waals surface area contributed by atoms with E-state index in [1.165, 1.54) is 6.07 Å². The Hall–Kier alpha value is -3.02. The Morgan fingerprint density at radius 1 is 0.960 bits per heavy atom. The average molecular weight is 340 g/mol. The van der Waals surface area contributed by atoms with Crippen molar-refractivity contribution in [2.75, 3.05) is 13.1 Å². The molecule has 5 nitrogen and oxygen atoms in total. The van der Waals surface area contributed by atoms with E-state index >= 15 is 0 Å². The number of rotatable bonds is 6. The van der Waals surface area contributed by atoms with Gasteiger partial charge in [0.1, 0.15) is 5.82 Å². The molecule has 2 aromatic carbocycles. The predicted molar refractivity (Wildman–Crippen MR) is 89.5 cm³/mol. The molecule has 0 saturated heterocycles. The highest BCUT2D eigenvalue weighted by molar-refractivity contribution is 6.21. The second-order valence-electron chi connectivity index (χ2n) is 5.75. The van der Waals surface area contributed by atoms with Crippen molar-refractivity contribution in [3.63, 3.8) is 0 Å². The Kier molecular flexibility index (Phi) is 4.88. The minimum atomic E-state index is -0.375. The molecular formula is C19H17FN2O3. The zero-order valence-corrected chi connectivity index (χ0v) is 13.5. The molecule has 1 heterocycles. The first-order valence-electron chi connectivity index (χ1n) is 8.03. The Morgan fingerprint density at radius 3 is 2.20 bits per heavy atom. The molecule has 0 radical (unpaired) electrons. The van der Waals surface area contributed by atoms with Crippen molar-refractivity contribution in [1.82, 2.24) is 10.2 Å². The third kappa shape index (κ3) is 3.57. The minimum Gasteiger partial charge on any atom is -0.356 e. The summed E-state index contributed by atoms with van der Waals surface area (Å²) in [6.45, 7) is 0.319. The first-order chi connectivity index (χ1) is 12.1. The van der Waals surface area contributed by atoms with Gasteiger partial charge in [-0.2, -0.15) is 0 Å². The normalized spacial score (nSPS) is 13.1. The standard InChI is InChI=1S/C19H17FN2O3/c20-16-8-4-1-5-13(16)9-11-21-17(23)10-12-22-18(24)14-6-2-3-7-15(14)19(22)25/h1-8H,9-12H2,(H,21,23). The van der Waals surface area contributed by atoms with Gasteiger partial charge in [0.05, 0.1) is 11.1 Å². The molecule has 0 aliphatic carbocycles. The Balaban J connectivity index is 1.48. The van der Waals surface area contributed by atoms with Gasteiger partial charge in [-0.25, -0.2) is 4.39 Å². The number of hydrogen-bond donors (Lipinski definition) is 1. The number of nitrogens with one attached hydrogen (secondary N) is 1. The molecule has 0 spiro atoms. The van der Waals surface area contributed by atoms with E-state index < -0.39 is 0 Å². The summed E-state index contributed by atoms with van der Waals surface area (Å²) in [6.07, 6.45) is 0.397. The summed E-state index contributed by atoms with van der Waals surface area (Å²) in [5.74, 6) is -1.34.